The van der Waals surface area contributed by atoms with Crippen molar-refractivity contribution >= 4 is 11.8 Å². The van der Waals surface area contributed by atoms with E-state index in [1.54, 1.807) is 18.6 Å². The van der Waals surface area contributed by atoms with Crippen LogP contribution in [0.3, 0.4) is 0 Å². The number of nitrogens with zero attached hydrogens (tertiary/aromatic N) is 4. The van der Waals surface area contributed by atoms with Gasteiger partial charge in [0.05, 0.1) is 18.9 Å². The number of aromatic nitrogens is 2. The molecule has 2 amide bonds. The minimum Gasteiger partial charge on any atom is -0.376 e. The minimum absolute atomic E-state index is 0.000844. The fourth-order valence-electron chi connectivity index (χ4n) is 3.60. The molecule has 3 rings (SSSR count). The lowest BCUT2D eigenvalue weighted by atomic mass is 9.88. The van der Waals surface area contributed by atoms with Crippen LogP contribution in [0, 0.1) is 5.92 Å². The van der Waals surface area contributed by atoms with E-state index in [2.05, 4.69) is 27.1 Å². The van der Waals surface area contributed by atoms with Gasteiger partial charge in [-0.1, -0.05) is 19.8 Å². The summed E-state index contributed by atoms with van der Waals surface area (Å²) in [5.41, 5.74) is 0. The van der Waals surface area contributed by atoms with Crippen molar-refractivity contribution in [1.82, 2.24) is 20.2 Å². The van der Waals surface area contributed by atoms with Crippen molar-refractivity contribution in [2.45, 2.75) is 38.7 Å². The van der Waals surface area contributed by atoms with Gasteiger partial charge in [-0.25, -0.2) is 9.78 Å². The topological polar surface area (TPSA) is 70.6 Å². The molecule has 1 aromatic heterocycles. The van der Waals surface area contributed by atoms with E-state index in [1.807, 2.05) is 4.90 Å². The highest BCUT2D eigenvalue weighted by Crippen LogP contribution is 2.25. The van der Waals surface area contributed by atoms with Gasteiger partial charge in [-0.05, 0) is 18.8 Å². The molecule has 1 saturated heterocycles. The number of anilines is 1. The zero-order valence-corrected chi connectivity index (χ0v) is 15.1. The number of ether oxygens (including phenoxy) is 1. The average molecular weight is 347 g/mol. The van der Waals surface area contributed by atoms with Gasteiger partial charge < -0.3 is 19.9 Å². The van der Waals surface area contributed by atoms with Gasteiger partial charge in [-0.15, -0.1) is 0 Å². The first-order valence-corrected chi connectivity index (χ1v) is 9.39. The van der Waals surface area contributed by atoms with Crippen molar-refractivity contribution in [2.75, 3.05) is 44.2 Å². The van der Waals surface area contributed by atoms with E-state index in [-0.39, 0.29) is 6.03 Å². The van der Waals surface area contributed by atoms with Crippen LogP contribution in [0.2, 0.25) is 0 Å². The summed E-state index contributed by atoms with van der Waals surface area (Å²) < 4.78 is 5.95. The van der Waals surface area contributed by atoms with Gasteiger partial charge in [0.1, 0.15) is 5.82 Å². The Morgan fingerprint density at radius 3 is 2.76 bits per heavy atom. The minimum atomic E-state index is -0.000844. The molecule has 2 aliphatic rings. The third-order valence-corrected chi connectivity index (χ3v) is 5.18. The van der Waals surface area contributed by atoms with E-state index >= 15 is 0 Å². The maximum atomic E-state index is 12.3. The number of carbonyl (C=O) groups excluding carboxylic acids is 1. The van der Waals surface area contributed by atoms with Crippen molar-refractivity contribution < 1.29 is 9.53 Å². The third kappa shape index (κ3) is 5.04. The van der Waals surface area contributed by atoms with Crippen molar-refractivity contribution in [2.24, 2.45) is 5.92 Å². The number of hydrogen-bond acceptors (Lipinski definition) is 5. The largest absolute Gasteiger partial charge is 0.376 e. The molecular weight excluding hydrogens is 318 g/mol. The van der Waals surface area contributed by atoms with Crippen molar-refractivity contribution in [3.8, 4) is 0 Å². The molecule has 0 radical (unpaired) electrons. The SMILES string of the molecule is C[C@H]1CCCC[C@H]1OCCNC(=O)N1CCN(c2cnccn2)CC1. The van der Waals surface area contributed by atoms with E-state index in [0.29, 0.717) is 38.3 Å². The molecule has 2 atom stereocenters. The lowest BCUT2D eigenvalue weighted by Crippen LogP contribution is -2.52. The van der Waals surface area contributed by atoms with Crippen molar-refractivity contribution in [1.29, 1.82) is 0 Å². The lowest BCUT2D eigenvalue weighted by Gasteiger charge is -2.35. The number of rotatable bonds is 5. The van der Waals surface area contributed by atoms with Crippen LogP contribution in [0.15, 0.2) is 18.6 Å². The lowest BCUT2D eigenvalue weighted by molar-refractivity contribution is -0.00272. The zero-order valence-electron chi connectivity index (χ0n) is 15.1. The molecule has 1 N–H and O–H groups in total. The molecule has 1 aliphatic carbocycles. The quantitative estimate of drug-likeness (QED) is 0.824. The normalized spacial score (nSPS) is 24.2. The highest BCUT2D eigenvalue weighted by molar-refractivity contribution is 5.74. The molecule has 0 bridgehead atoms. The van der Waals surface area contributed by atoms with E-state index in [0.717, 1.165) is 25.3 Å². The van der Waals surface area contributed by atoms with Gasteiger partial charge in [0.2, 0.25) is 0 Å². The number of hydrogen-bond donors (Lipinski definition) is 1. The van der Waals surface area contributed by atoms with E-state index < -0.39 is 0 Å². The molecule has 7 heteroatoms. The first-order chi connectivity index (χ1) is 12.2. The summed E-state index contributed by atoms with van der Waals surface area (Å²) in [6.45, 7) is 6.39. The van der Waals surface area contributed by atoms with Gasteiger partial charge in [0.15, 0.2) is 0 Å². The second-order valence-corrected chi connectivity index (χ2v) is 6.94. The smallest absolute Gasteiger partial charge is 0.317 e. The second-order valence-electron chi connectivity index (χ2n) is 6.94. The summed E-state index contributed by atoms with van der Waals surface area (Å²) in [4.78, 5) is 24.7. The summed E-state index contributed by atoms with van der Waals surface area (Å²) in [5, 5.41) is 2.98. The summed E-state index contributed by atoms with van der Waals surface area (Å²) in [7, 11) is 0. The summed E-state index contributed by atoms with van der Waals surface area (Å²) >= 11 is 0. The van der Waals surface area contributed by atoms with Crippen molar-refractivity contribution in [3.05, 3.63) is 18.6 Å². The third-order valence-electron chi connectivity index (χ3n) is 5.18. The van der Waals surface area contributed by atoms with Gasteiger partial charge in [-0.2, -0.15) is 0 Å². The fraction of sp³-hybridized carbons (Fsp3) is 0.722. The Bertz CT molecular complexity index is 534. The molecule has 7 nitrogen and oxygen atoms in total. The molecule has 0 spiro atoms. The molecule has 0 unspecified atom stereocenters. The average Bonchev–Trinajstić information content (AvgIpc) is 2.67. The molecule has 1 aliphatic heterocycles. The monoisotopic (exact) mass is 347 g/mol. The maximum Gasteiger partial charge on any atom is 0.317 e. The summed E-state index contributed by atoms with van der Waals surface area (Å²) in [6.07, 6.45) is 10.5. The predicted molar refractivity (Wildman–Crippen MR) is 96.6 cm³/mol. The first kappa shape index (κ1) is 17.9. The maximum absolute atomic E-state index is 12.3. The standard InChI is InChI=1S/C18H29N5O2/c1-15-4-2-3-5-16(15)25-13-8-21-18(24)23-11-9-22(10-12-23)17-14-19-6-7-20-17/h6-7,14-16H,2-5,8-13H2,1H3,(H,21,24)/t15-,16+/m0/s1. The fourth-order valence-corrected chi connectivity index (χ4v) is 3.60. The van der Waals surface area contributed by atoms with Gasteiger partial charge in [0, 0.05) is 45.1 Å². The number of amides is 2. The van der Waals surface area contributed by atoms with Gasteiger partial charge in [0.25, 0.3) is 0 Å². The van der Waals surface area contributed by atoms with E-state index in [1.165, 1.54) is 19.3 Å². The van der Waals surface area contributed by atoms with Crippen LogP contribution in [0.4, 0.5) is 10.6 Å². The molecule has 1 saturated carbocycles. The number of nitrogens with one attached hydrogen (secondary N) is 1. The molecule has 25 heavy (non-hydrogen) atoms. The Morgan fingerprint density at radius 1 is 1.24 bits per heavy atom. The summed E-state index contributed by atoms with van der Waals surface area (Å²) in [6, 6.07) is -0.000844. The Hall–Kier alpha value is -1.89. The Kier molecular flexibility index (Phi) is 6.44. The molecule has 2 fully saturated rings. The van der Waals surface area contributed by atoms with Gasteiger partial charge in [-0.3, -0.25) is 4.98 Å². The number of urea groups is 1. The van der Waals surface area contributed by atoms with Crippen LogP contribution < -0.4 is 10.2 Å². The highest BCUT2D eigenvalue weighted by atomic mass is 16.5. The van der Waals surface area contributed by atoms with Crippen LogP contribution in [0.1, 0.15) is 32.6 Å². The van der Waals surface area contributed by atoms with Gasteiger partial charge >= 0.3 is 6.03 Å². The highest BCUT2D eigenvalue weighted by Gasteiger charge is 2.23. The number of piperazine rings is 1. The molecule has 2 heterocycles. The van der Waals surface area contributed by atoms with Crippen molar-refractivity contribution in [3.63, 3.8) is 0 Å². The van der Waals surface area contributed by atoms with Crippen LogP contribution in [-0.2, 0) is 4.74 Å². The Balaban J connectivity index is 1.33. The van der Waals surface area contributed by atoms with Crippen LogP contribution >= 0.6 is 0 Å². The molecule has 138 valence electrons. The van der Waals surface area contributed by atoms with E-state index in [4.69, 9.17) is 4.74 Å². The van der Waals surface area contributed by atoms with Crippen LogP contribution in [-0.4, -0.2) is 66.3 Å². The Morgan fingerprint density at radius 2 is 2.04 bits per heavy atom. The zero-order chi connectivity index (χ0) is 17.5. The number of carbonyl (C=O) groups is 1. The molecular formula is C18H29N5O2. The Labute approximate surface area is 149 Å². The predicted octanol–water partition coefficient (Wildman–Crippen LogP) is 1.90. The second kappa shape index (κ2) is 8.99. The van der Waals surface area contributed by atoms with E-state index in [9.17, 15) is 4.79 Å². The summed E-state index contributed by atoms with van der Waals surface area (Å²) in [5.74, 6) is 1.51. The molecule has 0 aromatic carbocycles. The van der Waals surface area contributed by atoms with Crippen LogP contribution in [0.5, 0.6) is 0 Å². The first-order valence-electron chi connectivity index (χ1n) is 9.39. The van der Waals surface area contributed by atoms with Crippen LogP contribution in [0.25, 0.3) is 0 Å². The molecule has 1 aromatic rings.